The highest BCUT2D eigenvalue weighted by Gasteiger charge is 2.27. The highest BCUT2D eigenvalue weighted by Crippen LogP contribution is 2.39. The monoisotopic (exact) mass is 419 g/mol. The minimum Gasteiger partial charge on any atom is -0.465 e. The molecular weight excluding hydrogens is 394 g/mol. The molecule has 3 nitrogen and oxygen atoms in total. The van der Waals surface area contributed by atoms with Crippen LogP contribution in [0.15, 0.2) is 73.1 Å². The van der Waals surface area contributed by atoms with Gasteiger partial charge in [0, 0.05) is 23.5 Å². The molecular formula is C29H25NO2. The number of methoxy groups -OCH3 is 1. The summed E-state index contributed by atoms with van der Waals surface area (Å²) in [5, 5.41) is 0. The summed E-state index contributed by atoms with van der Waals surface area (Å²) < 4.78 is 4.76. The molecule has 0 fully saturated rings. The summed E-state index contributed by atoms with van der Waals surface area (Å²) in [6.07, 6.45) is 10.9. The van der Waals surface area contributed by atoms with Crippen molar-refractivity contribution < 1.29 is 9.53 Å². The van der Waals surface area contributed by atoms with Crippen LogP contribution in [0, 0.1) is 11.8 Å². The molecule has 0 bridgehead atoms. The third-order valence-corrected chi connectivity index (χ3v) is 5.68. The molecule has 4 rings (SSSR count). The van der Waals surface area contributed by atoms with Crippen LogP contribution in [0.4, 0.5) is 0 Å². The van der Waals surface area contributed by atoms with Crippen molar-refractivity contribution in [3.8, 4) is 11.8 Å². The molecule has 0 N–H and O–H groups in total. The first-order chi connectivity index (χ1) is 15.5. The van der Waals surface area contributed by atoms with Gasteiger partial charge in [0.15, 0.2) is 0 Å². The van der Waals surface area contributed by atoms with Gasteiger partial charge >= 0.3 is 5.97 Å². The van der Waals surface area contributed by atoms with Gasteiger partial charge in [0.2, 0.25) is 0 Å². The molecule has 32 heavy (non-hydrogen) atoms. The van der Waals surface area contributed by atoms with Crippen LogP contribution in [0.25, 0.3) is 17.7 Å². The summed E-state index contributed by atoms with van der Waals surface area (Å²) in [7, 11) is 1.39. The molecule has 3 heteroatoms. The van der Waals surface area contributed by atoms with Gasteiger partial charge in [0.1, 0.15) is 0 Å². The van der Waals surface area contributed by atoms with E-state index in [2.05, 4.69) is 61.0 Å². The number of nitrogens with zero attached hydrogens (tertiary/aromatic N) is 1. The molecule has 0 atom stereocenters. The van der Waals surface area contributed by atoms with E-state index in [1.807, 2.05) is 30.3 Å². The summed E-state index contributed by atoms with van der Waals surface area (Å²) >= 11 is 0. The van der Waals surface area contributed by atoms with Gasteiger partial charge in [-0.1, -0.05) is 68.2 Å². The highest BCUT2D eigenvalue weighted by molar-refractivity contribution is 5.90. The Hall–Kier alpha value is -3.90. The quantitative estimate of drug-likeness (QED) is 0.290. The fraction of sp³-hybridized carbons (Fsp3) is 0.172. The Morgan fingerprint density at radius 1 is 1.03 bits per heavy atom. The number of esters is 1. The zero-order chi connectivity index (χ0) is 22.6. The van der Waals surface area contributed by atoms with Crippen molar-refractivity contribution in [1.29, 1.82) is 0 Å². The number of hydrogen-bond acceptors (Lipinski definition) is 3. The number of benzene rings is 2. The first kappa shape index (κ1) is 21.3. The maximum absolute atomic E-state index is 11.6. The van der Waals surface area contributed by atoms with Crippen molar-refractivity contribution in [3.63, 3.8) is 0 Å². The molecule has 0 radical (unpaired) electrons. The second-order valence-corrected chi connectivity index (χ2v) is 8.45. The first-order valence-corrected chi connectivity index (χ1v) is 10.6. The maximum Gasteiger partial charge on any atom is 0.337 e. The fourth-order valence-electron chi connectivity index (χ4n) is 3.79. The van der Waals surface area contributed by atoms with Crippen molar-refractivity contribution in [1.82, 2.24) is 4.98 Å². The Kier molecular flexibility index (Phi) is 6.05. The third-order valence-electron chi connectivity index (χ3n) is 5.68. The van der Waals surface area contributed by atoms with Gasteiger partial charge < -0.3 is 4.74 Å². The highest BCUT2D eigenvalue weighted by atomic mass is 16.5. The zero-order valence-corrected chi connectivity index (χ0v) is 18.6. The molecule has 1 aromatic heterocycles. The largest absolute Gasteiger partial charge is 0.465 e. The van der Waals surface area contributed by atoms with Crippen LogP contribution in [0.5, 0.6) is 0 Å². The Bertz CT molecular complexity index is 1250. The number of carbonyl (C=O) groups is 1. The minimum absolute atomic E-state index is 0.0702. The number of carbonyl (C=O) groups excluding carboxylic acids is 1. The Balaban J connectivity index is 1.63. The van der Waals surface area contributed by atoms with Gasteiger partial charge in [0.05, 0.1) is 12.7 Å². The number of aromatic nitrogens is 1. The van der Waals surface area contributed by atoms with E-state index in [-0.39, 0.29) is 11.4 Å². The van der Waals surface area contributed by atoms with Crippen LogP contribution in [0.2, 0.25) is 0 Å². The van der Waals surface area contributed by atoms with Gasteiger partial charge in [-0.3, -0.25) is 4.98 Å². The molecule has 3 aromatic rings. The van der Waals surface area contributed by atoms with Gasteiger partial charge in [-0.2, -0.15) is 0 Å². The summed E-state index contributed by atoms with van der Waals surface area (Å²) in [5.41, 5.74) is 7.20. The number of allylic oxidation sites excluding steroid dienone is 2. The molecule has 0 aliphatic heterocycles. The Morgan fingerprint density at radius 2 is 1.78 bits per heavy atom. The molecule has 1 heterocycles. The first-order valence-electron chi connectivity index (χ1n) is 10.6. The minimum atomic E-state index is -0.329. The molecule has 2 aromatic carbocycles. The lowest BCUT2D eigenvalue weighted by Crippen LogP contribution is -2.21. The Labute approximate surface area is 189 Å². The van der Waals surface area contributed by atoms with Crippen molar-refractivity contribution in [2.75, 3.05) is 7.11 Å². The van der Waals surface area contributed by atoms with Crippen LogP contribution in [-0.4, -0.2) is 18.1 Å². The normalized spacial score (nSPS) is 14.2. The number of pyridine rings is 1. The average Bonchev–Trinajstić information content (AvgIpc) is 2.82. The van der Waals surface area contributed by atoms with E-state index in [1.165, 1.54) is 18.2 Å². The van der Waals surface area contributed by atoms with Crippen LogP contribution < -0.4 is 0 Å². The summed E-state index contributed by atoms with van der Waals surface area (Å²) in [4.78, 5) is 15.8. The average molecular weight is 420 g/mol. The second kappa shape index (κ2) is 9.08. The molecule has 158 valence electrons. The van der Waals surface area contributed by atoms with E-state index < -0.39 is 0 Å². The summed E-state index contributed by atoms with van der Waals surface area (Å²) in [6.45, 7) is 4.54. The number of ether oxygens (including phenoxy) is 1. The predicted molar refractivity (Wildman–Crippen MR) is 130 cm³/mol. The lowest BCUT2D eigenvalue weighted by atomic mass is 9.73. The molecule has 0 saturated heterocycles. The molecule has 1 aliphatic rings. The van der Waals surface area contributed by atoms with Crippen molar-refractivity contribution in [2.24, 2.45) is 0 Å². The van der Waals surface area contributed by atoms with E-state index in [0.717, 1.165) is 28.7 Å². The van der Waals surface area contributed by atoms with E-state index in [9.17, 15) is 4.79 Å². The lowest BCUT2D eigenvalue weighted by molar-refractivity contribution is 0.0600. The van der Waals surface area contributed by atoms with Gasteiger partial charge in [-0.05, 0) is 64.4 Å². The lowest BCUT2D eigenvalue weighted by Gasteiger charge is -2.31. The van der Waals surface area contributed by atoms with Crippen LogP contribution in [0.3, 0.4) is 0 Å². The molecule has 0 saturated carbocycles. The van der Waals surface area contributed by atoms with Gasteiger partial charge in [-0.15, -0.1) is 0 Å². The third kappa shape index (κ3) is 4.71. The van der Waals surface area contributed by atoms with E-state index >= 15 is 0 Å². The van der Waals surface area contributed by atoms with Crippen molar-refractivity contribution >= 4 is 23.7 Å². The van der Waals surface area contributed by atoms with E-state index in [1.54, 1.807) is 24.5 Å². The fourth-order valence-corrected chi connectivity index (χ4v) is 3.79. The zero-order valence-electron chi connectivity index (χ0n) is 18.6. The molecule has 0 unspecified atom stereocenters. The van der Waals surface area contributed by atoms with Crippen molar-refractivity contribution in [2.45, 2.75) is 25.7 Å². The van der Waals surface area contributed by atoms with Crippen LogP contribution in [0.1, 0.15) is 58.4 Å². The SMILES string of the molecule is COC(=O)c1ccc(/C=C/c2ccc3c(c2)C(C#Cc2cccnc2)=CCC3(C)C)cc1. The molecule has 0 amide bonds. The maximum atomic E-state index is 11.6. The Morgan fingerprint density at radius 3 is 2.50 bits per heavy atom. The van der Waals surface area contributed by atoms with Gasteiger partial charge in [-0.25, -0.2) is 4.79 Å². The summed E-state index contributed by atoms with van der Waals surface area (Å²) in [6, 6.07) is 17.8. The number of fused-ring (bicyclic) bond motifs is 1. The van der Waals surface area contributed by atoms with E-state index in [4.69, 9.17) is 4.74 Å². The van der Waals surface area contributed by atoms with Gasteiger partial charge in [0.25, 0.3) is 0 Å². The number of hydrogen-bond donors (Lipinski definition) is 0. The number of rotatable bonds is 3. The topological polar surface area (TPSA) is 39.2 Å². The predicted octanol–water partition coefficient (Wildman–Crippen LogP) is 6.16. The van der Waals surface area contributed by atoms with Crippen molar-refractivity contribution in [3.05, 3.63) is 106 Å². The second-order valence-electron chi connectivity index (χ2n) is 8.45. The van der Waals surface area contributed by atoms with Crippen LogP contribution in [-0.2, 0) is 10.2 Å². The summed E-state index contributed by atoms with van der Waals surface area (Å²) in [5.74, 6) is 6.27. The van der Waals surface area contributed by atoms with Crippen LogP contribution >= 0.6 is 0 Å². The standard InChI is InChI=1S/C29H25NO2/c1-29(2)17-16-24(12-10-23-5-4-18-30-20-23)26-19-22(11-15-27(26)29)7-6-21-8-13-25(14-9-21)28(31)32-3/h4-9,11,13-16,18-20H,17H2,1-3H3/b7-6+. The smallest absolute Gasteiger partial charge is 0.337 e. The molecule has 1 aliphatic carbocycles. The molecule has 0 spiro atoms. The van der Waals surface area contributed by atoms with E-state index in [0.29, 0.717) is 5.56 Å².